The Morgan fingerprint density at radius 1 is 0.857 bits per heavy atom. The van der Waals surface area contributed by atoms with Gasteiger partial charge in [0.25, 0.3) is 0 Å². The molecule has 4 saturated carbocycles. The molecule has 198 valence electrons. The lowest BCUT2D eigenvalue weighted by atomic mass is 9.41. The Kier molecular flexibility index (Phi) is 5.73. The molecule has 4 N–H and O–H groups in total. The van der Waals surface area contributed by atoms with Gasteiger partial charge in [0.05, 0.1) is 23.7 Å². The zero-order valence-electron chi connectivity index (χ0n) is 22.7. The van der Waals surface area contributed by atoms with Crippen molar-refractivity contribution in [1.82, 2.24) is 0 Å². The number of hydrogen-bond acceptors (Lipinski definition) is 4. The molecule has 4 fully saturated rings. The lowest BCUT2D eigenvalue weighted by Gasteiger charge is -2.63. The van der Waals surface area contributed by atoms with Crippen LogP contribution in [0.25, 0.3) is 0 Å². The number of aliphatic hydroxyl groups excluding tert-OH is 3. The molecule has 35 heavy (non-hydrogen) atoms. The maximum Gasteiger partial charge on any atom is 0.312 e. The third-order valence-corrected chi connectivity index (χ3v) is 13.0. The second-order valence-corrected chi connectivity index (χ2v) is 14.9. The fraction of sp³-hybridized carbons (Fsp3) is 0.900. The van der Waals surface area contributed by atoms with Crippen molar-refractivity contribution >= 4 is 5.97 Å². The lowest BCUT2D eigenvalue weighted by molar-refractivity contribution is -0.199. The largest absolute Gasteiger partial charge is 0.481 e. The SMILES string of the molecule is CC12CCC3C(C)(CCC(O)C3(C)C(=O)O)C1CCC1C(=CCC3C(C)(C)C(O)C(O)CC13C)C2. The highest BCUT2D eigenvalue weighted by Gasteiger charge is 2.66. The van der Waals surface area contributed by atoms with Gasteiger partial charge in [0, 0.05) is 0 Å². The van der Waals surface area contributed by atoms with Crippen molar-refractivity contribution in [3.05, 3.63) is 11.6 Å². The average molecular weight is 489 g/mol. The number of allylic oxidation sites excluding steroid dienone is 2. The summed E-state index contributed by atoms with van der Waals surface area (Å²) in [7, 11) is 0. The Hall–Kier alpha value is -0.910. The minimum atomic E-state index is -1.09. The summed E-state index contributed by atoms with van der Waals surface area (Å²) in [5.74, 6) is 0.283. The van der Waals surface area contributed by atoms with Crippen LogP contribution in [-0.4, -0.2) is 44.7 Å². The van der Waals surface area contributed by atoms with E-state index in [1.807, 2.05) is 0 Å². The van der Waals surface area contributed by atoms with Gasteiger partial charge in [0.15, 0.2) is 0 Å². The third kappa shape index (κ3) is 3.26. The van der Waals surface area contributed by atoms with Crippen LogP contribution in [0.2, 0.25) is 0 Å². The number of fused-ring (bicyclic) bond motifs is 6. The summed E-state index contributed by atoms with van der Waals surface area (Å²) >= 11 is 0. The third-order valence-electron chi connectivity index (χ3n) is 13.0. The second-order valence-electron chi connectivity index (χ2n) is 14.9. The van der Waals surface area contributed by atoms with Crippen molar-refractivity contribution in [3.8, 4) is 0 Å². The summed E-state index contributed by atoms with van der Waals surface area (Å²) in [6.45, 7) is 13.2. The first-order chi connectivity index (χ1) is 16.1. The maximum atomic E-state index is 12.5. The Balaban J connectivity index is 1.52. The molecule has 0 saturated heterocycles. The smallest absolute Gasteiger partial charge is 0.312 e. The van der Waals surface area contributed by atoms with E-state index >= 15 is 0 Å². The van der Waals surface area contributed by atoms with E-state index in [9.17, 15) is 25.2 Å². The molecule has 0 bridgehead atoms. The molecule has 5 aliphatic carbocycles. The van der Waals surface area contributed by atoms with E-state index in [-0.39, 0.29) is 27.6 Å². The van der Waals surface area contributed by atoms with Gasteiger partial charge in [-0.2, -0.15) is 0 Å². The van der Waals surface area contributed by atoms with Gasteiger partial charge < -0.3 is 20.4 Å². The zero-order valence-corrected chi connectivity index (χ0v) is 22.7. The number of aliphatic carboxylic acids is 1. The van der Waals surface area contributed by atoms with E-state index in [0.717, 1.165) is 44.9 Å². The minimum absolute atomic E-state index is 0.0163. The average Bonchev–Trinajstić information content (AvgIpc) is 2.92. The van der Waals surface area contributed by atoms with E-state index in [1.165, 1.54) is 0 Å². The fourth-order valence-corrected chi connectivity index (χ4v) is 11.1. The number of carbonyl (C=O) groups is 1. The molecule has 5 nitrogen and oxygen atoms in total. The Labute approximate surface area is 211 Å². The van der Waals surface area contributed by atoms with Crippen molar-refractivity contribution in [2.45, 2.75) is 118 Å². The van der Waals surface area contributed by atoms with Gasteiger partial charge >= 0.3 is 5.97 Å². The van der Waals surface area contributed by atoms with E-state index in [1.54, 1.807) is 12.5 Å². The van der Waals surface area contributed by atoms with Crippen LogP contribution in [0.4, 0.5) is 0 Å². The van der Waals surface area contributed by atoms with Gasteiger partial charge in [-0.05, 0) is 110 Å². The Morgan fingerprint density at radius 2 is 1.54 bits per heavy atom. The van der Waals surface area contributed by atoms with Gasteiger partial charge in [0.1, 0.15) is 0 Å². The van der Waals surface area contributed by atoms with Gasteiger partial charge in [0.2, 0.25) is 0 Å². The number of aliphatic hydroxyl groups is 3. The van der Waals surface area contributed by atoms with Crippen molar-refractivity contribution in [2.24, 2.45) is 50.7 Å². The molecule has 5 aliphatic rings. The zero-order chi connectivity index (χ0) is 25.8. The predicted molar refractivity (Wildman–Crippen MR) is 135 cm³/mol. The molecule has 0 radical (unpaired) electrons. The van der Waals surface area contributed by atoms with Gasteiger partial charge in [-0.1, -0.05) is 46.3 Å². The summed E-state index contributed by atoms with van der Waals surface area (Å²) < 4.78 is 0. The molecule has 0 aromatic heterocycles. The molecule has 5 rings (SSSR count). The van der Waals surface area contributed by atoms with E-state index in [2.05, 4.69) is 40.7 Å². The summed E-state index contributed by atoms with van der Waals surface area (Å²) in [5, 5.41) is 42.9. The molecule has 0 aromatic rings. The Bertz CT molecular complexity index is 926. The van der Waals surface area contributed by atoms with Crippen LogP contribution >= 0.6 is 0 Å². The highest BCUT2D eigenvalue weighted by Crippen LogP contribution is 2.70. The van der Waals surface area contributed by atoms with Crippen molar-refractivity contribution in [3.63, 3.8) is 0 Å². The van der Waals surface area contributed by atoms with Crippen molar-refractivity contribution in [1.29, 1.82) is 0 Å². The normalized spacial score (nSPS) is 55.3. The molecule has 11 unspecified atom stereocenters. The number of carboxylic acids is 1. The number of hydrogen-bond donors (Lipinski definition) is 4. The highest BCUT2D eigenvalue weighted by molar-refractivity contribution is 5.76. The van der Waals surface area contributed by atoms with E-state index in [4.69, 9.17) is 0 Å². The van der Waals surface area contributed by atoms with Crippen LogP contribution < -0.4 is 0 Å². The van der Waals surface area contributed by atoms with Crippen LogP contribution in [0.15, 0.2) is 11.6 Å². The molecule has 5 heteroatoms. The Morgan fingerprint density at radius 3 is 2.20 bits per heavy atom. The maximum absolute atomic E-state index is 12.5. The van der Waals surface area contributed by atoms with E-state index < -0.39 is 29.7 Å². The highest BCUT2D eigenvalue weighted by atomic mass is 16.4. The molecule has 0 aromatic carbocycles. The molecule has 0 amide bonds. The summed E-state index contributed by atoms with van der Waals surface area (Å²) in [6, 6.07) is 0. The number of carboxylic acid groups (broad SMARTS) is 1. The van der Waals surface area contributed by atoms with Crippen LogP contribution in [0, 0.1) is 50.7 Å². The molecule has 0 aliphatic heterocycles. The van der Waals surface area contributed by atoms with Crippen LogP contribution in [-0.2, 0) is 4.79 Å². The quantitative estimate of drug-likeness (QED) is 0.382. The molecule has 0 heterocycles. The lowest BCUT2D eigenvalue weighted by Crippen LogP contribution is -2.61. The molecular weight excluding hydrogens is 440 g/mol. The first kappa shape index (κ1) is 25.7. The summed E-state index contributed by atoms with van der Waals surface area (Å²) in [5.41, 5.74) is 0.101. The molecule has 0 spiro atoms. The van der Waals surface area contributed by atoms with Crippen molar-refractivity contribution < 1.29 is 25.2 Å². The van der Waals surface area contributed by atoms with Crippen LogP contribution in [0.1, 0.15) is 99.3 Å². The fourth-order valence-electron chi connectivity index (χ4n) is 11.1. The van der Waals surface area contributed by atoms with Crippen LogP contribution in [0.5, 0.6) is 0 Å². The summed E-state index contributed by atoms with van der Waals surface area (Å²) in [4.78, 5) is 12.5. The molecular formula is C30H48O5. The first-order valence-electron chi connectivity index (χ1n) is 14.1. The van der Waals surface area contributed by atoms with Gasteiger partial charge in [-0.25, -0.2) is 0 Å². The van der Waals surface area contributed by atoms with Gasteiger partial charge in [-0.3, -0.25) is 4.79 Å². The topological polar surface area (TPSA) is 98.0 Å². The first-order valence-corrected chi connectivity index (χ1v) is 14.1. The standard InChI is InChI=1S/C30H48O5/c1-26(2)20-9-7-17-15-27(3)13-11-22-28(4,14-12-23(32)30(22,6)25(34)35)21(27)10-8-18(17)29(20,5)16-19(31)24(26)33/h7,18-24,31-33H,8-16H2,1-6H3,(H,34,35). The minimum Gasteiger partial charge on any atom is -0.481 e. The molecule has 11 atom stereocenters. The van der Waals surface area contributed by atoms with Gasteiger partial charge in [-0.15, -0.1) is 0 Å². The summed E-state index contributed by atoms with van der Waals surface area (Å²) in [6.07, 6.45) is 8.43. The second kappa shape index (κ2) is 7.80. The van der Waals surface area contributed by atoms with E-state index in [0.29, 0.717) is 30.6 Å². The van der Waals surface area contributed by atoms with Crippen molar-refractivity contribution in [2.75, 3.05) is 0 Å². The van der Waals surface area contributed by atoms with Crippen LogP contribution in [0.3, 0.4) is 0 Å². The monoisotopic (exact) mass is 488 g/mol. The number of rotatable bonds is 1. The predicted octanol–water partition coefficient (Wildman–Crippen LogP) is 5.18.